The first-order valence-electron chi connectivity index (χ1n) is 32.9. The highest BCUT2D eigenvalue weighted by atomic mass is 16.6. The first-order valence-corrected chi connectivity index (χ1v) is 32.9. The number of rotatable bonds is 60. The fraction of sp³-hybridized carbons (Fsp3) is 0.786. The molecular formula is C70H124O6. The number of hydrogen-bond acceptors (Lipinski definition) is 6. The van der Waals surface area contributed by atoms with Crippen molar-refractivity contribution in [3.8, 4) is 0 Å². The Hall–Kier alpha value is -3.15. The van der Waals surface area contributed by atoms with Crippen molar-refractivity contribution in [3.63, 3.8) is 0 Å². The maximum absolute atomic E-state index is 12.8. The summed E-state index contributed by atoms with van der Waals surface area (Å²) in [4.78, 5) is 38.0. The predicted molar refractivity (Wildman–Crippen MR) is 330 cm³/mol. The number of unbranched alkanes of at least 4 members (excludes halogenated alkanes) is 37. The van der Waals surface area contributed by atoms with E-state index in [4.69, 9.17) is 14.2 Å². The van der Waals surface area contributed by atoms with E-state index in [1.54, 1.807) is 0 Å². The van der Waals surface area contributed by atoms with Crippen molar-refractivity contribution in [1.82, 2.24) is 0 Å². The molecule has 440 valence electrons. The summed E-state index contributed by atoms with van der Waals surface area (Å²) in [7, 11) is 0. The molecule has 0 N–H and O–H groups in total. The zero-order valence-corrected chi connectivity index (χ0v) is 50.5. The van der Waals surface area contributed by atoms with Gasteiger partial charge in [-0.25, -0.2) is 0 Å². The molecule has 0 fully saturated rings. The van der Waals surface area contributed by atoms with Gasteiger partial charge in [-0.1, -0.05) is 299 Å². The van der Waals surface area contributed by atoms with E-state index in [9.17, 15) is 14.4 Å². The van der Waals surface area contributed by atoms with Crippen molar-refractivity contribution < 1.29 is 28.6 Å². The van der Waals surface area contributed by atoms with Crippen LogP contribution >= 0.6 is 0 Å². The van der Waals surface area contributed by atoms with E-state index in [-0.39, 0.29) is 31.1 Å². The molecule has 76 heavy (non-hydrogen) atoms. The molecule has 0 saturated carbocycles. The first kappa shape index (κ1) is 72.8. The molecule has 6 heteroatoms. The summed E-state index contributed by atoms with van der Waals surface area (Å²) in [5, 5.41) is 0. The number of hydrogen-bond donors (Lipinski definition) is 0. The minimum absolute atomic E-state index is 0.0861. The molecule has 0 aromatic rings. The van der Waals surface area contributed by atoms with Crippen LogP contribution in [0.3, 0.4) is 0 Å². The number of carbonyl (C=O) groups excluding carboxylic acids is 3. The second kappa shape index (κ2) is 64.4. The van der Waals surface area contributed by atoms with Crippen LogP contribution in [-0.2, 0) is 28.6 Å². The summed E-state index contributed by atoms with van der Waals surface area (Å²) in [6.07, 6.45) is 84.0. The van der Waals surface area contributed by atoms with E-state index in [1.165, 1.54) is 199 Å². The minimum atomic E-state index is -0.789. The van der Waals surface area contributed by atoms with Crippen LogP contribution in [-0.4, -0.2) is 37.2 Å². The fourth-order valence-corrected chi connectivity index (χ4v) is 9.53. The van der Waals surface area contributed by atoms with Crippen molar-refractivity contribution in [2.45, 2.75) is 341 Å². The van der Waals surface area contributed by atoms with Crippen LogP contribution in [0.4, 0.5) is 0 Å². The molecule has 0 saturated heterocycles. The van der Waals surface area contributed by atoms with E-state index in [1.807, 2.05) is 0 Å². The summed E-state index contributed by atoms with van der Waals surface area (Å²) >= 11 is 0. The quantitative estimate of drug-likeness (QED) is 0.0261. The molecule has 1 atom stereocenters. The van der Waals surface area contributed by atoms with E-state index < -0.39 is 6.10 Å². The van der Waals surface area contributed by atoms with E-state index in [0.717, 1.165) is 96.3 Å². The number of esters is 3. The van der Waals surface area contributed by atoms with Gasteiger partial charge >= 0.3 is 17.9 Å². The molecule has 0 rings (SSSR count). The van der Waals surface area contributed by atoms with Gasteiger partial charge in [0.05, 0.1) is 0 Å². The van der Waals surface area contributed by atoms with Crippen molar-refractivity contribution in [2.75, 3.05) is 13.2 Å². The maximum atomic E-state index is 12.8. The summed E-state index contributed by atoms with van der Waals surface area (Å²) in [5.74, 6) is -0.917. The van der Waals surface area contributed by atoms with Gasteiger partial charge in [0.15, 0.2) is 6.10 Å². The molecule has 0 spiro atoms. The Balaban J connectivity index is 3.99. The van der Waals surface area contributed by atoms with Crippen LogP contribution in [0.25, 0.3) is 0 Å². The highest BCUT2D eigenvalue weighted by molar-refractivity contribution is 5.71. The standard InChI is InChI=1S/C70H124O6/c1-4-7-10-13-16-18-20-22-24-26-28-29-30-31-32-33-34-35-36-37-38-39-40-41-43-44-46-48-50-52-54-57-60-63-69(72)75-66-67(65-74-68(71)62-59-56-15-12-9-6-3)76-70(73)64-61-58-55-53-51-49-47-45-42-27-25-23-21-19-17-14-11-8-5-2/h8,11,17,19,23,25-26,28,42,45,49,51,67H,4-7,9-10,12-16,18,20-22,24,27,29-41,43-44,46-48,50,52-66H2,1-3H3/b11-8-,19-17-,25-23-,28-26-,45-42-,51-49-. The summed E-state index contributed by atoms with van der Waals surface area (Å²) in [6.45, 7) is 6.47. The van der Waals surface area contributed by atoms with Crippen LogP contribution < -0.4 is 0 Å². The second-order valence-electron chi connectivity index (χ2n) is 22.0. The van der Waals surface area contributed by atoms with Gasteiger partial charge in [-0.05, 0) is 89.9 Å². The average Bonchev–Trinajstić information content (AvgIpc) is 3.42. The SMILES string of the molecule is CC/C=C\C/C=C\C/C=C\C/C=C\C/C=C\CCCCCC(=O)OC(COC(=O)CCCCCCCC)COC(=O)CCCCCCCCCCCCCCCCCCCCCCC/C=C\CCCCCCCCCC. The lowest BCUT2D eigenvalue weighted by molar-refractivity contribution is -0.167. The van der Waals surface area contributed by atoms with E-state index in [2.05, 4.69) is 93.7 Å². The predicted octanol–water partition coefficient (Wildman–Crippen LogP) is 22.5. The third kappa shape index (κ3) is 61.7. The van der Waals surface area contributed by atoms with Crippen LogP contribution in [0, 0.1) is 0 Å². The van der Waals surface area contributed by atoms with Gasteiger partial charge in [-0.2, -0.15) is 0 Å². The third-order valence-corrected chi connectivity index (χ3v) is 14.4. The Morgan fingerprint density at radius 2 is 0.513 bits per heavy atom. The highest BCUT2D eigenvalue weighted by Crippen LogP contribution is 2.17. The molecule has 0 radical (unpaired) electrons. The maximum Gasteiger partial charge on any atom is 0.306 e. The molecule has 0 aliphatic heterocycles. The van der Waals surface area contributed by atoms with E-state index >= 15 is 0 Å². The Morgan fingerprint density at radius 3 is 0.829 bits per heavy atom. The molecule has 0 aliphatic carbocycles. The molecule has 1 unspecified atom stereocenters. The Kier molecular flexibility index (Phi) is 61.7. The topological polar surface area (TPSA) is 78.9 Å². The Labute approximate surface area is 472 Å². The van der Waals surface area contributed by atoms with Crippen LogP contribution in [0.5, 0.6) is 0 Å². The first-order chi connectivity index (χ1) is 37.5. The van der Waals surface area contributed by atoms with Crippen molar-refractivity contribution >= 4 is 17.9 Å². The minimum Gasteiger partial charge on any atom is -0.462 e. The molecule has 0 aromatic carbocycles. The van der Waals surface area contributed by atoms with Crippen LogP contribution in [0.15, 0.2) is 72.9 Å². The van der Waals surface area contributed by atoms with Crippen molar-refractivity contribution in [2.24, 2.45) is 0 Å². The molecule has 0 heterocycles. The lowest BCUT2D eigenvalue weighted by atomic mass is 10.0. The zero-order chi connectivity index (χ0) is 55.0. The van der Waals surface area contributed by atoms with Crippen LogP contribution in [0.1, 0.15) is 335 Å². The van der Waals surface area contributed by atoms with Gasteiger partial charge in [0.2, 0.25) is 0 Å². The molecular weight excluding hydrogens is 937 g/mol. The summed E-state index contributed by atoms with van der Waals surface area (Å²) < 4.78 is 16.8. The zero-order valence-electron chi connectivity index (χ0n) is 50.5. The molecule has 0 bridgehead atoms. The monoisotopic (exact) mass is 1060 g/mol. The van der Waals surface area contributed by atoms with Gasteiger partial charge in [0, 0.05) is 19.3 Å². The summed E-state index contributed by atoms with van der Waals surface area (Å²) in [6, 6.07) is 0. The lowest BCUT2D eigenvalue weighted by Gasteiger charge is -2.18. The Bertz CT molecular complexity index is 1400. The number of ether oxygens (including phenoxy) is 3. The van der Waals surface area contributed by atoms with Gasteiger partial charge in [-0.3, -0.25) is 14.4 Å². The van der Waals surface area contributed by atoms with E-state index in [0.29, 0.717) is 19.3 Å². The second-order valence-corrected chi connectivity index (χ2v) is 22.0. The summed E-state index contributed by atoms with van der Waals surface area (Å²) in [5.41, 5.74) is 0. The third-order valence-electron chi connectivity index (χ3n) is 14.4. The molecule has 6 nitrogen and oxygen atoms in total. The van der Waals surface area contributed by atoms with Crippen molar-refractivity contribution in [1.29, 1.82) is 0 Å². The Morgan fingerprint density at radius 1 is 0.276 bits per heavy atom. The molecule has 0 aromatic heterocycles. The lowest BCUT2D eigenvalue weighted by Crippen LogP contribution is -2.30. The molecule has 0 aliphatic rings. The van der Waals surface area contributed by atoms with Gasteiger partial charge < -0.3 is 14.2 Å². The number of allylic oxidation sites excluding steroid dienone is 12. The smallest absolute Gasteiger partial charge is 0.306 e. The number of carbonyl (C=O) groups is 3. The van der Waals surface area contributed by atoms with Gasteiger partial charge in [0.1, 0.15) is 13.2 Å². The fourth-order valence-electron chi connectivity index (χ4n) is 9.53. The van der Waals surface area contributed by atoms with Gasteiger partial charge in [-0.15, -0.1) is 0 Å². The largest absolute Gasteiger partial charge is 0.462 e. The highest BCUT2D eigenvalue weighted by Gasteiger charge is 2.19. The normalized spacial score (nSPS) is 12.5. The van der Waals surface area contributed by atoms with Gasteiger partial charge in [0.25, 0.3) is 0 Å². The molecule has 0 amide bonds. The van der Waals surface area contributed by atoms with Crippen LogP contribution in [0.2, 0.25) is 0 Å². The average molecular weight is 1060 g/mol. The van der Waals surface area contributed by atoms with Crippen molar-refractivity contribution in [3.05, 3.63) is 72.9 Å².